The van der Waals surface area contributed by atoms with E-state index >= 15 is 0 Å². The molecule has 0 bridgehead atoms. The highest BCUT2D eigenvalue weighted by Gasteiger charge is 2.31. The number of para-hydroxylation sites is 2. The largest absolute Gasteiger partial charge is 0.493 e. The molecule has 0 unspecified atom stereocenters. The second-order valence-corrected chi connectivity index (χ2v) is 8.89. The summed E-state index contributed by atoms with van der Waals surface area (Å²) in [6.45, 7) is 1.73. The summed E-state index contributed by atoms with van der Waals surface area (Å²) in [7, 11) is 1.54. The van der Waals surface area contributed by atoms with Gasteiger partial charge in [-0.3, -0.25) is 9.59 Å². The van der Waals surface area contributed by atoms with Crippen LogP contribution in [0.2, 0.25) is 10.0 Å². The molecule has 1 aliphatic carbocycles. The van der Waals surface area contributed by atoms with Crippen LogP contribution in [0.4, 0.5) is 0 Å². The Kier molecular flexibility index (Phi) is 9.27. The predicted molar refractivity (Wildman–Crippen MR) is 130 cm³/mol. The smallest absolute Gasteiger partial charge is 0.261 e. The first kappa shape index (κ1) is 25.2. The minimum absolute atomic E-state index is 0.100. The maximum atomic E-state index is 13.4. The summed E-state index contributed by atoms with van der Waals surface area (Å²) >= 11 is 12.8. The number of halogens is 2. The molecule has 2 amide bonds. The minimum atomic E-state index is -0.674. The third-order valence-corrected chi connectivity index (χ3v) is 6.61. The first-order chi connectivity index (χ1) is 15.9. The Balaban J connectivity index is 1.82. The van der Waals surface area contributed by atoms with Gasteiger partial charge in [0.15, 0.2) is 18.1 Å². The molecular weight excluding hydrogens is 463 g/mol. The third kappa shape index (κ3) is 6.55. The van der Waals surface area contributed by atoms with Crippen LogP contribution in [-0.2, 0) is 16.1 Å². The van der Waals surface area contributed by atoms with E-state index in [1.165, 1.54) is 12.0 Å². The van der Waals surface area contributed by atoms with Gasteiger partial charge < -0.3 is 19.7 Å². The van der Waals surface area contributed by atoms with Crippen molar-refractivity contribution in [3.63, 3.8) is 0 Å². The van der Waals surface area contributed by atoms with E-state index in [0.29, 0.717) is 33.5 Å². The number of carbonyl (C=O) groups excluding carboxylic acids is 2. The number of carbonyl (C=O) groups is 2. The van der Waals surface area contributed by atoms with Crippen molar-refractivity contribution in [3.8, 4) is 11.5 Å². The van der Waals surface area contributed by atoms with E-state index in [1.54, 1.807) is 36.4 Å². The Morgan fingerprint density at radius 1 is 1.06 bits per heavy atom. The molecule has 0 heterocycles. The predicted octanol–water partition coefficient (Wildman–Crippen LogP) is 5.25. The van der Waals surface area contributed by atoms with Gasteiger partial charge in [-0.15, -0.1) is 0 Å². The fourth-order valence-corrected chi connectivity index (χ4v) is 4.62. The zero-order valence-electron chi connectivity index (χ0n) is 19.0. The Morgan fingerprint density at radius 3 is 2.30 bits per heavy atom. The lowest BCUT2D eigenvalue weighted by Crippen LogP contribution is -2.52. The van der Waals surface area contributed by atoms with Gasteiger partial charge >= 0.3 is 0 Å². The number of amides is 2. The number of benzene rings is 2. The summed E-state index contributed by atoms with van der Waals surface area (Å²) in [6, 6.07) is 11.8. The fourth-order valence-electron chi connectivity index (χ4n) is 4.10. The standard InChI is InChI=1S/C25H30Cl2N2O4/c1-3-21(25(31)28-17-9-4-5-10-17)29(15-18-19(26)11-8-12-20(18)27)24(30)16-33-23-14-7-6-13-22(23)32-2/h6-8,11-14,17,21H,3-5,9-10,15-16H2,1-2H3,(H,28,31)/t21-/m0/s1. The van der Waals surface area contributed by atoms with Gasteiger partial charge in [0.2, 0.25) is 5.91 Å². The lowest BCUT2D eigenvalue weighted by molar-refractivity contribution is -0.143. The summed E-state index contributed by atoms with van der Waals surface area (Å²) in [5.74, 6) is 0.466. The minimum Gasteiger partial charge on any atom is -0.493 e. The van der Waals surface area contributed by atoms with E-state index in [0.717, 1.165) is 25.7 Å². The van der Waals surface area contributed by atoms with E-state index in [-0.39, 0.29) is 31.0 Å². The number of rotatable bonds is 10. The highest BCUT2D eigenvalue weighted by Crippen LogP contribution is 2.28. The number of hydrogen-bond acceptors (Lipinski definition) is 4. The van der Waals surface area contributed by atoms with Crippen LogP contribution in [0.25, 0.3) is 0 Å². The van der Waals surface area contributed by atoms with Gasteiger partial charge in [-0.2, -0.15) is 0 Å². The van der Waals surface area contributed by atoms with Gasteiger partial charge in [-0.05, 0) is 43.5 Å². The number of ether oxygens (including phenoxy) is 2. The lowest BCUT2D eigenvalue weighted by atomic mass is 10.1. The van der Waals surface area contributed by atoms with Crippen LogP contribution in [0, 0.1) is 0 Å². The molecule has 0 radical (unpaired) electrons. The van der Waals surface area contributed by atoms with E-state index in [2.05, 4.69) is 5.32 Å². The molecule has 1 N–H and O–H groups in total. The average Bonchev–Trinajstić information content (AvgIpc) is 3.32. The van der Waals surface area contributed by atoms with Crippen LogP contribution in [0.3, 0.4) is 0 Å². The topological polar surface area (TPSA) is 67.9 Å². The van der Waals surface area contributed by atoms with E-state index < -0.39 is 6.04 Å². The number of nitrogens with zero attached hydrogens (tertiary/aromatic N) is 1. The summed E-state index contributed by atoms with van der Waals surface area (Å²) < 4.78 is 11.1. The molecule has 2 aromatic carbocycles. The van der Waals surface area contributed by atoms with Gasteiger partial charge in [0.05, 0.1) is 7.11 Å². The van der Waals surface area contributed by atoms with Gasteiger partial charge in [0.25, 0.3) is 5.91 Å². The molecule has 1 saturated carbocycles. The first-order valence-corrected chi connectivity index (χ1v) is 12.0. The SMILES string of the molecule is CC[C@@H](C(=O)NC1CCCC1)N(Cc1c(Cl)cccc1Cl)C(=O)COc1ccccc1OC. The van der Waals surface area contributed by atoms with Crippen molar-refractivity contribution < 1.29 is 19.1 Å². The van der Waals surface area contributed by atoms with Gasteiger partial charge in [0.1, 0.15) is 6.04 Å². The fraction of sp³-hybridized carbons (Fsp3) is 0.440. The van der Waals surface area contributed by atoms with Crippen LogP contribution in [-0.4, -0.2) is 42.5 Å². The molecule has 8 heteroatoms. The van der Waals surface area contributed by atoms with Crippen LogP contribution in [0.1, 0.15) is 44.6 Å². The molecule has 2 aromatic rings. The van der Waals surface area contributed by atoms with Crippen molar-refractivity contribution in [1.82, 2.24) is 10.2 Å². The third-order valence-electron chi connectivity index (χ3n) is 5.90. The molecule has 33 heavy (non-hydrogen) atoms. The molecule has 1 atom stereocenters. The Labute approximate surface area is 205 Å². The first-order valence-electron chi connectivity index (χ1n) is 11.2. The van der Waals surface area contributed by atoms with Crippen molar-refractivity contribution in [2.24, 2.45) is 0 Å². The van der Waals surface area contributed by atoms with E-state index in [1.807, 2.05) is 13.0 Å². The molecule has 0 aromatic heterocycles. The van der Waals surface area contributed by atoms with Gasteiger partial charge in [-0.25, -0.2) is 0 Å². The number of hydrogen-bond donors (Lipinski definition) is 1. The van der Waals surface area contributed by atoms with Crippen molar-refractivity contribution >= 4 is 35.0 Å². The van der Waals surface area contributed by atoms with Crippen molar-refractivity contribution in [3.05, 3.63) is 58.1 Å². The van der Waals surface area contributed by atoms with Gasteiger partial charge in [-0.1, -0.05) is 61.2 Å². The zero-order chi connectivity index (χ0) is 23.8. The molecule has 0 saturated heterocycles. The van der Waals surface area contributed by atoms with Crippen LogP contribution >= 0.6 is 23.2 Å². The summed E-state index contributed by atoms with van der Waals surface area (Å²) in [6.07, 6.45) is 4.58. The van der Waals surface area contributed by atoms with E-state index in [9.17, 15) is 9.59 Å². The quantitative estimate of drug-likeness (QED) is 0.491. The van der Waals surface area contributed by atoms with Crippen molar-refractivity contribution in [2.75, 3.05) is 13.7 Å². The second kappa shape index (κ2) is 12.1. The summed E-state index contributed by atoms with van der Waals surface area (Å²) in [5.41, 5.74) is 0.596. The molecule has 178 valence electrons. The second-order valence-electron chi connectivity index (χ2n) is 8.08. The van der Waals surface area contributed by atoms with Crippen LogP contribution < -0.4 is 14.8 Å². The normalized spacial score (nSPS) is 14.5. The van der Waals surface area contributed by atoms with E-state index in [4.69, 9.17) is 32.7 Å². The number of nitrogens with one attached hydrogen (secondary N) is 1. The van der Waals surface area contributed by atoms with Crippen LogP contribution in [0.15, 0.2) is 42.5 Å². The molecular formula is C25H30Cl2N2O4. The average molecular weight is 493 g/mol. The zero-order valence-corrected chi connectivity index (χ0v) is 20.5. The van der Waals surface area contributed by atoms with Crippen LogP contribution in [0.5, 0.6) is 11.5 Å². The molecule has 1 aliphatic rings. The van der Waals surface area contributed by atoms with Crippen molar-refractivity contribution in [1.29, 1.82) is 0 Å². The maximum Gasteiger partial charge on any atom is 0.261 e. The molecule has 0 spiro atoms. The monoisotopic (exact) mass is 492 g/mol. The summed E-state index contributed by atoms with van der Waals surface area (Å²) in [5, 5.41) is 4.00. The lowest BCUT2D eigenvalue weighted by Gasteiger charge is -2.32. The molecule has 6 nitrogen and oxygen atoms in total. The Morgan fingerprint density at radius 2 is 1.70 bits per heavy atom. The molecule has 3 rings (SSSR count). The maximum absolute atomic E-state index is 13.4. The highest BCUT2D eigenvalue weighted by molar-refractivity contribution is 6.36. The Bertz CT molecular complexity index is 943. The summed E-state index contributed by atoms with van der Waals surface area (Å²) in [4.78, 5) is 28.1. The molecule has 1 fully saturated rings. The van der Waals surface area contributed by atoms with Gasteiger partial charge in [0, 0.05) is 28.2 Å². The number of methoxy groups -OCH3 is 1. The molecule has 0 aliphatic heterocycles. The van der Waals surface area contributed by atoms with Crippen molar-refractivity contribution in [2.45, 2.75) is 57.7 Å². The highest BCUT2D eigenvalue weighted by atomic mass is 35.5. The Hall–Kier alpha value is -2.44.